The Morgan fingerprint density at radius 1 is 1.36 bits per heavy atom. The van der Waals surface area contributed by atoms with Crippen LogP contribution >= 0.6 is 0 Å². The molecule has 1 amide bonds. The number of hydrogen-bond acceptors (Lipinski definition) is 4. The standard InChI is InChI=1S/C17H30N2O3/c1-4-19-11-17(2,3)22-16(21)14(19)13(15(18)20)10-12-8-6-5-7-9-12/h12-14H,4-11H2,1-3H3,(H2,18,20). The molecule has 0 bridgehead atoms. The first kappa shape index (κ1) is 17.3. The van der Waals surface area contributed by atoms with Crippen LogP contribution in [0.4, 0.5) is 0 Å². The summed E-state index contributed by atoms with van der Waals surface area (Å²) in [6.07, 6.45) is 6.71. The van der Waals surface area contributed by atoms with Crippen LogP contribution < -0.4 is 5.73 Å². The van der Waals surface area contributed by atoms with Crippen molar-refractivity contribution in [3.8, 4) is 0 Å². The highest BCUT2D eigenvalue weighted by Gasteiger charge is 2.46. The van der Waals surface area contributed by atoms with Crippen molar-refractivity contribution in [2.45, 2.75) is 70.9 Å². The summed E-state index contributed by atoms with van der Waals surface area (Å²) < 4.78 is 5.55. The normalized spacial score (nSPS) is 28.1. The van der Waals surface area contributed by atoms with E-state index in [1.165, 1.54) is 19.3 Å². The lowest BCUT2D eigenvalue weighted by molar-refractivity contribution is -0.182. The van der Waals surface area contributed by atoms with Gasteiger partial charge in [0.25, 0.3) is 0 Å². The van der Waals surface area contributed by atoms with E-state index in [4.69, 9.17) is 10.5 Å². The molecule has 0 spiro atoms. The smallest absolute Gasteiger partial charge is 0.324 e. The molecule has 2 unspecified atom stereocenters. The van der Waals surface area contributed by atoms with Crippen LogP contribution in [-0.2, 0) is 14.3 Å². The zero-order valence-corrected chi connectivity index (χ0v) is 14.1. The maximum atomic E-state index is 12.5. The number of ether oxygens (including phenoxy) is 1. The number of nitrogens with two attached hydrogens (primary N) is 1. The summed E-state index contributed by atoms with van der Waals surface area (Å²) in [5.74, 6) is -0.595. The number of carbonyl (C=O) groups excluding carboxylic acids is 2. The average Bonchev–Trinajstić information content (AvgIpc) is 2.44. The third-order valence-electron chi connectivity index (χ3n) is 5.06. The zero-order chi connectivity index (χ0) is 16.3. The van der Waals surface area contributed by atoms with E-state index in [1.807, 2.05) is 20.8 Å². The number of amides is 1. The molecule has 1 saturated carbocycles. The molecule has 5 heteroatoms. The quantitative estimate of drug-likeness (QED) is 0.789. The fraction of sp³-hybridized carbons (Fsp3) is 0.882. The van der Waals surface area contributed by atoms with Gasteiger partial charge in [-0.3, -0.25) is 14.5 Å². The van der Waals surface area contributed by atoms with Gasteiger partial charge in [-0.1, -0.05) is 39.0 Å². The Hall–Kier alpha value is -1.10. The summed E-state index contributed by atoms with van der Waals surface area (Å²) in [6.45, 7) is 7.20. The molecule has 1 heterocycles. The number of cyclic esters (lactones) is 1. The van der Waals surface area contributed by atoms with Crippen molar-refractivity contribution < 1.29 is 14.3 Å². The van der Waals surface area contributed by atoms with Crippen LogP contribution in [-0.4, -0.2) is 41.5 Å². The van der Waals surface area contributed by atoms with Gasteiger partial charge in [0.1, 0.15) is 11.6 Å². The maximum absolute atomic E-state index is 12.5. The Balaban J connectivity index is 2.14. The van der Waals surface area contributed by atoms with Gasteiger partial charge < -0.3 is 10.5 Å². The van der Waals surface area contributed by atoms with Gasteiger partial charge in [-0.25, -0.2) is 0 Å². The number of carbonyl (C=O) groups is 2. The van der Waals surface area contributed by atoms with Crippen molar-refractivity contribution in [2.75, 3.05) is 13.1 Å². The van der Waals surface area contributed by atoms with Gasteiger partial charge in [-0.2, -0.15) is 0 Å². The lowest BCUT2D eigenvalue weighted by Crippen LogP contribution is -2.61. The molecule has 2 fully saturated rings. The van der Waals surface area contributed by atoms with Crippen molar-refractivity contribution in [3.63, 3.8) is 0 Å². The number of primary amides is 1. The van der Waals surface area contributed by atoms with Crippen molar-refractivity contribution >= 4 is 11.9 Å². The molecule has 1 saturated heterocycles. The Labute approximate surface area is 133 Å². The van der Waals surface area contributed by atoms with Gasteiger partial charge in [0, 0.05) is 6.54 Å². The summed E-state index contributed by atoms with van der Waals surface area (Å²) >= 11 is 0. The van der Waals surface area contributed by atoms with Crippen LogP contribution in [0.25, 0.3) is 0 Å². The molecule has 5 nitrogen and oxygen atoms in total. The highest BCUT2D eigenvalue weighted by molar-refractivity contribution is 5.87. The van der Waals surface area contributed by atoms with Crippen molar-refractivity contribution in [2.24, 2.45) is 17.6 Å². The minimum absolute atomic E-state index is 0.294. The lowest BCUT2D eigenvalue weighted by Gasteiger charge is -2.44. The summed E-state index contributed by atoms with van der Waals surface area (Å²) in [5.41, 5.74) is 5.15. The van der Waals surface area contributed by atoms with E-state index in [1.54, 1.807) is 0 Å². The average molecular weight is 310 g/mol. The van der Waals surface area contributed by atoms with Gasteiger partial charge >= 0.3 is 5.97 Å². The van der Waals surface area contributed by atoms with E-state index in [0.717, 1.165) is 19.4 Å². The predicted molar refractivity (Wildman–Crippen MR) is 85.1 cm³/mol. The Morgan fingerprint density at radius 3 is 2.55 bits per heavy atom. The number of esters is 1. The largest absolute Gasteiger partial charge is 0.457 e. The van der Waals surface area contributed by atoms with Crippen LogP contribution in [0, 0.1) is 11.8 Å². The molecule has 126 valence electrons. The molecular weight excluding hydrogens is 280 g/mol. The lowest BCUT2D eigenvalue weighted by atomic mass is 9.79. The first-order valence-electron chi connectivity index (χ1n) is 8.60. The Kier molecular flexibility index (Phi) is 5.48. The highest BCUT2D eigenvalue weighted by atomic mass is 16.6. The third kappa shape index (κ3) is 4.00. The molecular formula is C17H30N2O3. The van der Waals surface area contributed by atoms with Crippen LogP contribution in [0.15, 0.2) is 0 Å². The van der Waals surface area contributed by atoms with Crippen LogP contribution in [0.3, 0.4) is 0 Å². The molecule has 2 rings (SSSR count). The second-order valence-electron chi connectivity index (χ2n) is 7.44. The predicted octanol–water partition coefficient (Wildman–Crippen LogP) is 2.08. The van der Waals surface area contributed by atoms with Crippen LogP contribution in [0.2, 0.25) is 0 Å². The minimum atomic E-state index is -0.516. The van der Waals surface area contributed by atoms with Gasteiger partial charge in [0.05, 0.1) is 5.92 Å². The van der Waals surface area contributed by atoms with Crippen molar-refractivity contribution in [1.29, 1.82) is 0 Å². The molecule has 0 aromatic rings. The molecule has 0 radical (unpaired) electrons. The molecule has 0 aromatic heterocycles. The highest BCUT2D eigenvalue weighted by Crippen LogP contribution is 2.34. The number of hydrogen-bond donors (Lipinski definition) is 1. The van der Waals surface area contributed by atoms with E-state index < -0.39 is 17.6 Å². The van der Waals surface area contributed by atoms with Crippen molar-refractivity contribution in [3.05, 3.63) is 0 Å². The first-order valence-corrected chi connectivity index (χ1v) is 8.60. The van der Waals surface area contributed by atoms with Crippen molar-refractivity contribution in [1.82, 2.24) is 4.90 Å². The first-order chi connectivity index (χ1) is 10.3. The molecule has 2 atom stereocenters. The fourth-order valence-corrected chi connectivity index (χ4v) is 4.01. The number of nitrogens with zero attached hydrogens (tertiary/aromatic N) is 1. The molecule has 1 aliphatic heterocycles. The second kappa shape index (κ2) is 6.99. The van der Waals surface area contributed by atoms with Gasteiger partial charge in [-0.15, -0.1) is 0 Å². The number of likely N-dealkylation sites (N-methyl/N-ethyl adjacent to an activating group) is 1. The molecule has 1 aliphatic carbocycles. The van der Waals surface area contributed by atoms with E-state index in [-0.39, 0.29) is 11.9 Å². The second-order valence-corrected chi connectivity index (χ2v) is 7.44. The SMILES string of the molecule is CCN1CC(C)(C)OC(=O)C1C(CC1CCCCC1)C(N)=O. The van der Waals surface area contributed by atoms with Gasteiger partial charge in [0.15, 0.2) is 0 Å². The van der Waals surface area contributed by atoms with E-state index in [0.29, 0.717) is 18.9 Å². The van der Waals surface area contributed by atoms with Gasteiger partial charge in [-0.05, 0) is 32.7 Å². The van der Waals surface area contributed by atoms with E-state index >= 15 is 0 Å². The molecule has 2 N–H and O–H groups in total. The Bertz CT molecular complexity index is 416. The topological polar surface area (TPSA) is 72.6 Å². The minimum Gasteiger partial charge on any atom is -0.457 e. The third-order valence-corrected chi connectivity index (χ3v) is 5.06. The molecule has 22 heavy (non-hydrogen) atoms. The maximum Gasteiger partial charge on any atom is 0.324 e. The van der Waals surface area contributed by atoms with Gasteiger partial charge in [0.2, 0.25) is 5.91 Å². The van der Waals surface area contributed by atoms with E-state index in [9.17, 15) is 9.59 Å². The summed E-state index contributed by atoms with van der Waals surface area (Å²) in [6, 6.07) is -0.516. The summed E-state index contributed by atoms with van der Waals surface area (Å²) in [7, 11) is 0. The number of morpholine rings is 1. The summed E-state index contributed by atoms with van der Waals surface area (Å²) in [4.78, 5) is 26.6. The fourth-order valence-electron chi connectivity index (χ4n) is 4.01. The molecule has 2 aliphatic rings. The Morgan fingerprint density at radius 2 is 2.00 bits per heavy atom. The zero-order valence-electron chi connectivity index (χ0n) is 14.1. The monoisotopic (exact) mass is 310 g/mol. The van der Waals surface area contributed by atoms with E-state index in [2.05, 4.69) is 4.90 Å². The summed E-state index contributed by atoms with van der Waals surface area (Å²) in [5, 5.41) is 0. The van der Waals surface area contributed by atoms with Crippen LogP contribution in [0.1, 0.15) is 59.3 Å². The molecule has 0 aromatic carbocycles. The number of rotatable bonds is 5. The van der Waals surface area contributed by atoms with Crippen LogP contribution in [0.5, 0.6) is 0 Å².